The van der Waals surface area contributed by atoms with Crippen molar-refractivity contribution >= 4 is 16.8 Å². The number of aromatic amines is 1. The second-order valence-electron chi connectivity index (χ2n) is 8.87. The number of carbonyl (C=O) groups is 1. The predicted octanol–water partition coefficient (Wildman–Crippen LogP) is 5.50. The number of piperidine rings is 1. The largest absolute Gasteiger partial charge is 0.497 e. The highest BCUT2D eigenvalue weighted by atomic mass is 16.5. The van der Waals surface area contributed by atoms with Crippen LogP contribution >= 0.6 is 0 Å². The average Bonchev–Trinajstić information content (AvgIpc) is 3.26. The van der Waals surface area contributed by atoms with Crippen molar-refractivity contribution in [1.82, 2.24) is 14.9 Å². The van der Waals surface area contributed by atoms with Crippen LogP contribution in [-0.4, -0.2) is 41.0 Å². The molecule has 0 aliphatic carbocycles. The average molecular weight is 440 g/mol. The van der Waals surface area contributed by atoms with Crippen molar-refractivity contribution in [2.45, 2.75) is 32.1 Å². The highest BCUT2D eigenvalue weighted by molar-refractivity contribution is 5.89. The van der Waals surface area contributed by atoms with Crippen LogP contribution in [0.25, 0.3) is 22.0 Å². The molecule has 168 valence electrons. The Bertz CT molecular complexity index is 1280. The van der Waals surface area contributed by atoms with Gasteiger partial charge in [-0.25, -0.2) is 0 Å². The first-order valence-electron chi connectivity index (χ1n) is 11.6. The van der Waals surface area contributed by atoms with Crippen LogP contribution in [0.2, 0.25) is 0 Å². The van der Waals surface area contributed by atoms with E-state index in [1.165, 1.54) is 0 Å². The number of hydrogen-bond donors (Lipinski definition) is 1. The fraction of sp³-hybridized carbons (Fsp3) is 0.286. The molecule has 1 atom stereocenters. The summed E-state index contributed by atoms with van der Waals surface area (Å²) in [5, 5.41) is 1.13. The standard InChI is InChI=1S/C28H29N3O2/c1-19-14-22(20-9-11-24(33-2)12-10-20)15-27(30-19)21-6-5-13-31(18-21)28(32)16-23-17-29-26-8-4-3-7-25(23)26/h3-4,7-12,14-15,17,21,29H,5-6,13,16,18H2,1-2H3. The number of rotatable bonds is 5. The second-order valence-corrected chi connectivity index (χ2v) is 8.87. The first-order chi connectivity index (χ1) is 16.1. The Balaban J connectivity index is 1.34. The molecule has 1 N–H and O–H groups in total. The van der Waals surface area contributed by atoms with Crippen LogP contribution < -0.4 is 4.74 Å². The first kappa shape index (κ1) is 21.3. The lowest BCUT2D eigenvalue weighted by Crippen LogP contribution is -2.40. The predicted molar refractivity (Wildman–Crippen MR) is 132 cm³/mol. The van der Waals surface area contributed by atoms with E-state index in [4.69, 9.17) is 9.72 Å². The highest BCUT2D eigenvalue weighted by Gasteiger charge is 2.26. The molecule has 1 aliphatic rings. The van der Waals surface area contributed by atoms with Gasteiger partial charge in [0.25, 0.3) is 0 Å². The van der Waals surface area contributed by atoms with E-state index in [9.17, 15) is 4.79 Å². The fourth-order valence-electron chi connectivity index (χ4n) is 4.85. The molecular weight excluding hydrogens is 410 g/mol. The smallest absolute Gasteiger partial charge is 0.227 e. The third-order valence-electron chi connectivity index (χ3n) is 6.61. The van der Waals surface area contributed by atoms with E-state index in [0.717, 1.165) is 70.7 Å². The minimum absolute atomic E-state index is 0.187. The van der Waals surface area contributed by atoms with Crippen molar-refractivity contribution in [3.8, 4) is 16.9 Å². The van der Waals surface area contributed by atoms with Crippen molar-refractivity contribution < 1.29 is 9.53 Å². The number of ether oxygens (including phenoxy) is 1. The van der Waals surface area contributed by atoms with Crippen molar-refractivity contribution in [2.75, 3.05) is 20.2 Å². The van der Waals surface area contributed by atoms with E-state index in [1.807, 2.05) is 48.4 Å². The Kier molecular flexibility index (Phi) is 5.86. The normalized spacial score (nSPS) is 16.2. The van der Waals surface area contributed by atoms with E-state index in [0.29, 0.717) is 6.42 Å². The van der Waals surface area contributed by atoms with Crippen LogP contribution in [0.1, 0.15) is 35.7 Å². The van der Waals surface area contributed by atoms with Gasteiger partial charge in [-0.1, -0.05) is 30.3 Å². The number of benzene rings is 2. The van der Waals surface area contributed by atoms with Gasteiger partial charge in [0, 0.05) is 47.5 Å². The number of hydrogen-bond acceptors (Lipinski definition) is 3. The van der Waals surface area contributed by atoms with Gasteiger partial charge in [0.1, 0.15) is 5.75 Å². The summed E-state index contributed by atoms with van der Waals surface area (Å²) in [6.07, 6.45) is 4.44. The molecule has 2 aromatic heterocycles. The molecule has 5 rings (SSSR count). The Morgan fingerprint density at radius 1 is 1.12 bits per heavy atom. The molecule has 33 heavy (non-hydrogen) atoms. The van der Waals surface area contributed by atoms with E-state index >= 15 is 0 Å². The summed E-state index contributed by atoms with van der Waals surface area (Å²) >= 11 is 0. The molecule has 3 heterocycles. The molecule has 1 fully saturated rings. The number of aryl methyl sites for hydroxylation is 1. The van der Waals surface area contributed by atoms with E-state index in [1.54, 1.807) is 7.11 Å². The van der Waals surface area contributed by atoms with E-state index < -0.39 is 0 Å². The SMILES string of the molecule is COc1ccc(-c2cc(C)nc(C3CCCN(C(=O)Cc4c[nH]c5ccccc45)C3)c2)cc1. The molecule has 1 unspecified atom stereocenters. The second kappa shape index (κ2) is 9.10. The summed E-state index contributed by atoms with van der Waals surface area (Å²) in [7, 11) is 1.68. The quantitative estimate of drug-likeness (QED) is 0.447. The zero-order valence-electron chi connectivity index (χ0n) is 19.2. The monoisotopic (exact) mass is 439 g/mol. The van der Waals surface area contributed by atoms with Gasteiger partial charge < -0.3 is 14.6 Å². The maximum atomic E-state index is 13.2. The maximum Gasteiger partial charge on any atom is 0.227 e. The number of fused-ring (bicyclic) bond motifs is 1. The molecule has 0 radical (unpaired) electrons. The van der Waals surface area contributed by atoms with Crippen molar-refractivity contribution in [2.24, 2.45) is 0 Å². The van der Waals surface area contributed by atoms with Gasteiger partial charge in [0.15, 0.2) is 0 Å². The van der Waals surface area contributed by atoms with Gasteiger partial charge >= 0.3 is 0 Å². The number of likely N-dealkylation sites (tertiary alicyclic amines) is 1. The molecule has 5 nitrogen and oxygen atoms in total. The molecule has 1 amide bonds. The van der Waals surface area contributed by atoms with Crippen molar-refractivity contribution in [3.05, 3.63) is 83.8 Å². The zero-order valence-corrected chi connectivity index (χ0v) is 19.2. The molecule has 0 spiro atoms. The highest BCUT2D eigenvalue weighted by Crippen LogP contribution is 2.31. The molecule has 5 heteroatoms. The number of aromatic nitrogens is 2. The third kappa shape index (κ3) is 4.49. The Labute approximate surface area is 194 Å². The number of nitrogens with zero attached hydrogens (tertiary/aromatic N) is 2. The summed E-state index contributed by atoms with van der Waals surface area (Å²) < 4.78 is 5.29. The number of amides is 1. The van der Waals surface area contributed by atoms with Crippen LogP contribution in [0.15, 0.2) is 66.9 Å². The fourth-order valence-corrected chi connectivity index (χ4v) is 4.85. The Hall–Kier alpha value is -3.60. The van der Waals surface area contributed by atoms with Gasteiger partial charge in [0.2, 0.25) is 5.91 Å². The third-order valence-corrected chi connectivity index (χ3v) is 6.61. The van der Waals surface area contributed by atoms with Crippen molar-refractivity contribution in [3.63, 3.8) is 0 Å². The lowest BCUT2D eigenvalue weighted by molar-refractivity contribution is -0.131. The first-order valence-corrected chi connectivity index (χ1v) is 11.6. The van der Waals surface area contributed by atoms with Gasteiger partial charge in [-0.05, 0) is 66.8 Å². The minimum Gasteiger partial charge on any atom is -0.497 e. The minimum atomic E-state index is 0.187. The van der Waals surface area contributed by atoms with Crippen LogP contribution in [-0.2, 0) is 11.2 Å². The summed E-state index contributed by atoms with van der Waals surface area (Å²) in [4.78, 5) is 23.3. The number of methoxy groups -OCH3 is 1. The summed E-state index contributed by atoms with van der Waals surface area (Å²) in [6.45, 7) is 3.58. The maximum absolute atomic E-state index is 13.2. The Morgan fingerprint density at radius 2 is 1.94 bits per heavy atom. The van der Waals surface area contributed by atoms with E-state index in [-0.39, 0.29) is 11.8 Å². The number of carbonyl (C=O) groups excluding carboxylic acids is 1. The number of para-hydroxylation sites is 1. The van der Waals surface area contributed by atoms with Crippen LogP contribution in [0.5, 0.6) is 5.75 Å². The van der Waals surface area contributed by atoms with Gasteiger partial charge in [-0.2, -0.15) is 0 Å². The van der Waals surface area contributed by atoms with Gasteiger partial charge in [-0.3, -0.25) is 9.78 Å². The molecule has 2 aromatic carbocycles. The molecule has 1 aliphatic heterocycles. The molecular formula is C28H29N3O2. The zero-order chi connectivity index (χ0) is 22.8. The summed E-state index contributed by atoms with van der Waals surface area (Å²) in [6, 6.07) is 20.6. The lowest BCUT2D eigenvalue weighted by atomic mass is 9.92. The number of nitrogens with one attached hydrogen (secondary N) is 1. The molecule has 4 aromatic rings. The summed E-state index contributed by atoms with van der Waals surface area (Å²) in [5.74, 6) is 1.29. The number of H-pyrrole nitrogens is 1. The van der Waals surface area contributed by atoms with E-state index in [2.05, 4.69) is 35.3 Å². The van der Waals surface area contributed by atoms with Crippen LogP contribution in [0.4, 0.5) is 0 Å². The van der Waals surface area contributed by atoms with Crippen LogP contribution in [0.3, 0.4) is 0 Å². The topological polar surface area (TPSA) is 58.2 Å². The summed E-state index contributed by atoms with van der Waals surface area (Å²) in [5.41, 5.74) is 6.51. The van der Waals surface area contributed by atoms with Gasteiger partial charge in [-0.15, -0.1) is 0 Å². The Morgan fingerprint density at radius 3 is 2.76 bits per heavy atom. The lowest BCUT2D eigenvalue weighted by Gasteiger charge is -2.33. The van der Waals surface area contributed by atoms with Crippen LogP contribution in [0, 0.1) is 6.92 Å². The van der Waals surface area contributed by atoms with Gasteiger partial charge in [0.05, 0.1) is 13.5 Å². The molecule has 0 saturated carbocycles. The number of pyridine rings is 1. The van der Waals surface area contributed by atoms with Crippen molar-refractivity contribution in [1.29, 1.82) is 0 Å². The molecule has 0 bridgehead atoms. The molecule has 1 saturated heterocycles.